The Kier molecular flexibility index (Phi) is 3.97. The van der Waals surface area contributed by atoms with Crippen molar-refractivity contribution < 1.29 is 5.11 Å². The van der Waals surface area contributed by atoms with Crippen molar-refractivity contribution in [2.45, 2.75) is 38.2 Å². The molecule has 0 aromatic heterocycles. The predicted octanol–water partition coefficient (Wildman–Crippen LogP) is 2.08. The molecular weight excluding hydrogens is 198 g/mol. The number of hydrogen-bond donors (Lipinski definition) is 2. The van der Waals surface area contributed by atoms with Crippen LogP contribution in [0.15, 0.2) is 24.3 Å². The molecule has 0 aliphatic carbocycles. The first kappa shape index (κ1) is 11.6. The van der Waals surface area contributed by atoms with Crippen LogP contribution in [0.4, 0.5) is 0 Å². The van der Waals surface area contributed by atoms with Crippen LogP contribution in [0.25, 0.3) is 0 Å². The summed E-state index contributed by atoms with van der Waals surface area (Å²) in [6.45, 7) is 4.09. The summed E-state index contributed by atoms with van der Waals surface area (Å²) in [5.41, 5.74) is 2.67. The molecule has 1 aromatic rings. The van der Waals surface area contributed by atoms with Crippen molar-refractivity contribution in [3.63, 3.8) is 0 Å². The van der Waals surface area contributed by atoms with Gasteiger partial charge in [0.25, 0.3) is 0 Å². The summed E-state index contributed by atoms with van der Waals surface area (Å²) in [7, 11) is 0. The van der Waals surface area contributed by atoms with Gasteiger partial charge in [0.05, 0.1) is 6.10 Å². The Morgan fingerprint density at radius 1 is 1.50 bits per heavy atom. The lowest BCUT2D eigenvalue weighted by Gasteiger charge is -2.23. The Balaban J connectivity index is 2.08. The predicted molar refractivity (Wildman–Crippen MR) is 66.7 cm³/mol. The van der Waals surface area contributed by atoms with Crippen LogP contribution in [-0.4, -0.2) is 24.3 Å². The highest BCUT2D eigenvalue weighted by Gasteiger charge is 2.15. The number of rotatable bonds is 3. The highest BCUT2D eigenvalue weighted by Crippen LogP contribution is 2.24. The molecule has 0 bridgehead atoms. The zero-order valence-corrected chi connectivity index (χ0v) is 9.95. The minimum atomic E-state index is -0.250. The van der Waals surface area contributed by atoms with E-state index in [2.05, 4.69) is 29.6 Å². The van der Waals surface area contributed by atoms with Gasteiger partial charge in [-0.25, -0.2) is 0 Å². The highest BCUT2D eigenvalue weighted by molar-refractivity contribution is 5.27. The van der Waals surface area contributed by atoms with Crippen LogP contribution in [-0.2, 0) is 6.42 Å². The number of nitrogens with one attached hydrogen (secondary N) is 1. The van der Waals surface area contributed by atoms with Gasteiger partial charge in [-0.2, -0.15) is 0 Å². The number of aliphatic hydroxyl groups excluding tert-OH is 1. The second-order valence-corrected chi connectivity index (χ2v) is 4.84. The van der Waals surface area contributed by atoms with Crippen LogP contribution >= 0.6 is 0 Å². The molecule has 1 aliphatic rings. The average molecular weight is 219 g/mol. The first-order chi connectivity index (χ1) is 7.75. The third kappa shape index (κ3) is 3.06. The van der Waals surface area contributed by atoms with E-state index in [0.29, 0.717) is 5.92 Å². The lowest BCUT2D eigenvalue weighted by atomic mass is 9.90. The maximum atomic E-state index is 9.39. The molecule has 0 saturated carbocycles. The zero-order chi connectivity index (χ0) is 11.4. The fourth-order valence-electron chi connectivity index (χ4n) is 2.45. The number of aliphatic hydroxyl groups is 1. The van der Waals surface area contributed by atoms with Crippen molar-refractivity contribution in [2.24, 2.45) is 0 Å². The van der Waals surface area contributed by atoms with E-state index >= 15 is 0 Å². The molecule has 2 atom stereocenters. The molecule has 0 amide bonds. The van der Waals surface area contributed by atoms with Gasteiger partial charge in [0.1, 0.15) is 0 Å². The minimum absolute atomic E-state index is 0.250. The molecule has 2 N–H and O–H groups in total. The molecule has 2 nitrogen and oxygen atoms in total. The van der Waals surface area contributed by atoms with Gasteiger partial charge in [0.15, 0.2) is 0 Å². The van der Waals surface area contributed by atoms with E-state index in [-0.39, 0.29) is 6.10 Å². The number of hydrogen-bond acceptors (Lipinski definition) is 2. The Labute approximate surface area is 97.7 Å². The molecule has 88 valence electrons. The van der Waals surface area contributed by atoms with Crippen molar-refractivity contribution >= 4 is 0 Å². The Bertz CT molecular complexity index is 329. The second-order valence-electron chi connectivity index (χ2n) is 4.84. The van der Waals surface area contributed by atoms with Crippen LogP contribution in [0, 0.1) is 0 Å². The van der Waals surface area contributed by atoms with E-state index in [1.165, 1.54) is 24.0 Å². The summed E-state index contributed by atoms with van der Waals surface area (Å²) >= 11 is 0. The Morgan fingerprint density at radius 3 is 3.06 bits per heavy atom. The van der Waals surface area contributed by atoms with E-state index in [4.69, 9.17) is 0 Å². The van der Waals surface area contributed by atoms with Gasteiger partial charge >= 0.3 is 0 Å². The van der Waals surface area contributed by atoms with Gasteiger partial charge in [-0.3, -0.25) is 0 Å². The highest BCUT2D eigenvalue weighted by atomic mass is 16.3. The summed E-state index contributed by atoms with van der Waals surface area (Å²) in [5, 5.41) is 12.8. The van der Waals surface area contributed by atoms with Crippen molar-refractivity contribution in [3.8, 4) is 0 Å². The van der Waals surface area contributed by atoms with Gasteiger partial charge in [-0.1, -0.05) is 24.3 Å². The van der Waals surface area contributed by atoms with E-state index in [1.54, 1.807) is 0 Å². The van der Waals surface area contributed by atoms with E-state index < -0.39 is 0 Å². The third-order valence-corrected chi connectivity index (χ3v) is 3.25. The monoisotopic (exact) mass is 219 g/mol. The van der Waals surface area contributed by atoms with E-state index in [1.807, 2.05) is 6.92 Å². The topological polar surface area (TPSA) is 32.3 Å². The molecule has 1 heterocycles. The molecular formula is C14H21NO. The SMILES string of the molecule is CC(O)Cc1cccc(C2CCCNC2)c1. The maximum absolute atomic E-state index is 9.39. The summed E-state index contributed by atoms with van der Waals surface area (Å²) in [4.78, 5) is 0. The molecule has 1 aliphatic heterocycles. The summed E-state index contributed by atoms with van der Waals surface area (Å²) in [6.07, 6.45) is 3.06. The van der Waals surface area contributed by atoms with Crippen LogP contribution in [0.1, 0.15) is 36.8 Å². The standard InChI is InChI=1S/C14H21NO/c1-11(16)8-12-4-2-5-13(9-12)14-6-3-7-15-10-14/h2,4-5,9,11,14-16H,3,6-8,10H2,1H3. The van der Waals surface area contributed by atoms with Crippen molar-refractivity contribution in [2.75, 3.05) is 13.1 Å². The molecule has 1 saturated heterocycles. The quantitative estimate of drug-likeness (QED) is 0.815. The van der Waals surface area contributed by atoms with Crippen molar-refractivity contribution in [1.82, 2.24) is 5.32 Å². The van der Waals surface area contributed by atoms with Crippen LogP contribution in [0.3, 0.4) is 0 Å². The molecule has 2 heteroatoms. The van der Waals surface area contributed by atoms with Crippen molar-refractivity contribution in [3.05, 3.63) is 35.4 Å². The van der Waals surface area contributed by atoms with Gasteiger partial charge in [-0.15, -0.1) is 0 Å². The summed E-state index contributed by atoms with van der Waals surface area (Å²) in [5.74, 6) is 0.655. The Hall–Kier alpha value is -0.860. The summed E-state index contributed by atoms with van der Waals surface area (Å²) in [6, 6.07) is 8.68. The fourth-order valence-corrected chi connectivity index (χ4v) is 2.45. The second kappa shape index (κ2) is 5.46. The van der Waals surface area contributed by atoms with Gasteiger partial charge in [-0.05, 0) is 49.8 Å². The number of piperidine rings is 1. The average Bonchev–Trinajstić information content (AvgIpc) is 2.30. The van der Waals surface area contributed by atoms with Gasteiger partial charge < -0.3 is 10.4 Å². The smallest absolute Gasteiger partial charge is 0.0552 e. The first-order valence-corrected chi connectivity index (χ1v) is 6.23. The molecule has 0 radical (unpaired) electrons. The normalized spacial score (nSPS) is 23.0. The molecule has 2 rings (SSSR count). The minimum Gasteiger partial charge on any atom is -0.393 e. The molecule has 2 unspecified atom stereocenters. The van der Waals surface area contributed by atoms with E-state index in [0.717, 1.165) is 19.5 Å². The molecule has 16 heavy (non-hydrogen) atoms. The van der Waals surface area contributed by atoms with Crippen LogP contribution in [0.2, 0.25) is 0 Å². The lowest BCUT2D eigenvalue weighted by molar-refractivity contribution is 0.195. The molecule has 0 spiro atoms. The van der Waals surface area contributed by atoms with Crippen LogP contribution in [0.5, 0.6) is 0 Å². The molecule has 1 fully saturated rings. The van der Waals surface area contributed by atoms with Crippen LogP contribution < -0.4 is 5.32 Å². The van der Waals surface area contributed by atoms with Gasteiger partial charge in [0, 0.05) is 6.54 Å². The molecule has 1 aromatic carbocycles. The maximum Gasteiger partial charge on any atom is 0.0552 e. The largest absolute Gasteiger partial charge is 0.393 e. The lowest BCUT2D eigenvalue weighted by Crippen LogP contribution is -2.28. The summed E-state index contributed by atoms with van der Waals surface area (Å²) < 4.78 is 0. The third-order valence-electron chi connectivity index (χ3n) is 3.25. The van der Waals surface area contributed by atoms with Gasteiger partial charge in [0.2, 0.25) is 0 Å². The van der Waals surface area contributed by atoms with Crippen molar-refractivity contribution in [1.29, 1.82) is 0 Å². The van der Waals surface area contributed by atoms with E-state index in [9.17, 15) is 5.11 Å². The number of benzene rings is 1. The Morgan fingerprint density at radius 2 is 2.38 bits per heavy atom. The zero-order valence-electron chi connectivity index (χ0n) is 9.95. The fraction of sp³-hybridized carbons (Fsp3) is 0.571. The first-order valence-electron chi connectivity index (χ1n) is 6.23.